The summed E-state index contributed by atoms with van der Waals surface area (Å²) in [5.41, 5.74) is -0.654. The minimum absolute atomic E-state index is 0.317. The topological polar surface area (TPSA) is 54.9 Å². The zero-order valence-corrected chi connectivity index (χ0v) is 10.1. The van der Waals surface area contributed by atoms with Crippen molar-refractivity contribution in [3.05, 3.63) is 33.1 Å². The molecule has 0 amide bonds. The number of unbranched alkanes of at least 4 members (excludes halogenated alkanes) is 3. The van der Waals surface area contributed by atoms with Crippen molar-refractivity contribution in [3.63, 3.8) is 0 Å². The number of aromatic nitrogens is 2. The van der Waals surface area contributed by atoms with E-state index in [9.17, 15) is 9.59 Å². The first kappa shape index (κ1) is 12.2. The van der Waals surface area contributed by atoms with E-state index in [0.29, 0.717) is 6.54 Å². The number of aromatic amines is 1. The Hall–Kier alpha value is -0.840. The molecule has 0 bridgehead atoms. The van der Waals surface area contributed by atoms with Gasteiger partial charge in [0.2, 0.25) is 0 Å². The summed E-state index contributed by atoms with van der Waals surface area (Å²) in [6.07, 6.45) is 5.96. The predicted molar refractivity (Wildman–Crippen MR) is 63.6 cm³/mol. The average molecular weight is 275 g/mol. The van der Waals surface area contributed by atoms with Crippen molar-refractivity contribution in [2.75, 3.05) is 5.33 Å². The van der Waals surface area contributed by atoms with Crippen LogP contribution in [0.3, 0.4) is 0 Å². The highest BCUT2D eigenvalue weighted by atomic mass is 79.9. The zero-order valence-electron chi connectivity index (χ0n) is 8.54. The monoisotopic (exact) mass is 274 g/mol. The van der Waals surface area contributed by atoms with E-state index in [4.69, 9.17) is 0 Å². The molecule has 0 aliphatic carbocycles. The van der Waals surface area contributed by atoms with E-state index in [1.54, 1.807) is 6.20 Å². The van der Waals surface area contributed by atoms with Gasteiger partial charge in [-0.25, -0.2) is 4.79 Å². The molecule has 1 N–H and O–H groups in total. The Kier molecular flexibility index (Phi) is 5.39. The molecule has 0 aromatic carbocycles. The standard InChI is InChI=1S/C10H15BrN2O2/c11-6-3-1-2-4-7-13-8-5-9(14)12-10(13)15/h5,8H,1-4,6-7H2,(H,12,14,15). The van der Waals surface area contributed by atoms with Gasteiger partial charge in [0.05, 0.1) is 0 Å². The third-order valence-corrected chi connectivity index (χ3v) is 2.74. The van der Waals surface area contributed by atoms with E-state index in [2.05, 4.69) is 20.9 Å². The van der Waals surface area contributed by atoms with Crippen LogP contribution in [0.15, 0.2) is 21.9 Å². The highest BCUT2D eigenvalue weighted by molar-refractivity contribution is 9.09. The first-order valence-corrected chi connectivity index (χ1v) is 6.22. The molecule has 0 saturated heterocycles. The van der Waals surface area contributed by atoms with Crippen LogP contribution < -0.4 is 11.2 Å². The molecule has 0 atom stereocenters. The van der Waals surface area contributed by atoms with Gasteiger partial charge in [-0.15, -0.1) is 0 Å². The average Bonchev–Trinajstić information content (AvgIpc) is 2.20. The van der Waals surface area contributed by atoms with Gasteiger partial charge in [0, 0.05) is 24.1 Å². The van der Waals surface area contributed by atoms with Gasteiger partial charge in [-0.05, 0) is 12.8 Å². The molecular weight excluding hydrogens is 260 g/mol. The molecular formula is C10H15BrN2O2. The van der Waals surface area contributed by atoms with Gasteiger partial charge >= 0.3 is 5.69 Å². The van der Waals surface area contributed by atoms with E-state index in [-0.39, 0.29) is 11.2 Å². The Morgan fingerprint density at radius 1 is 1.20 bits per heavy atom. The number of rotatable bonds is 6. The van der Waals surface area contributed by atoms with Crippen LogP contribution in [0.2, 0.25) is 0 Å². The van der Waals surface area contributed by atoms with Crippen molar-refractivity contribution in [3.8, 4) is 0 Å². The van der Waals surface area contributed by atoms with E-state index < -0.39 is 0 Å². The van der Waals surface area contributed by atoms with Gasteiger partial charge in [0.25, 0.3) is 5.56 Å². The molecule has 0 aliphatic rings. The van der Waals surface area contributed by atoms with Crippen LogP contribution >= 0.6 is 15.9 Å². The normalized spacial score (nSPS) is 10.5. The molecule has 0 aliphatic heterocycles. The lowest BCUT2D eigenvalue weighted by atomic mass is 10.2. The molecule has 5 heteroatoms. The number of nitrogens with one attached hydrogen (secondary N) is 1. The van der Waals surface area contributed by atoms with Crippen molar-refractivity contribution in [2.45, 2.75) is 32.2 Å². The molecule has 0 spiro atoms. The number of hydrogen-bond donors (Lipinski definition) is 1. The van der Waals surface area contributed by atoms with Crippen LogP contribution in [0.25, 0.3) is 0 Å². The van der Waals surface area contributed by atoms with Crippen LogP contribution in [0.5, 0.6) is 0 Å². The Morgan fingerprint density at radius 2 is 1.93 bits per heavy atom. The summed E-state index contributed by atoms with van der Waals surface area (Å²) in [5, 5.41) is 1.03. The molecule has 1 aromatic rings. The third-order valence-electron chi connectivity index (χ3n) is 2.18. The van der Waals surface area contributed by atoms with Crippen LogP contribution in [0.4, 0.5) is 0 Å². The Balaban J connectivity index is 2.38. The van der Waals surface area contributed by atoms with Gasteiger partial charge in [-0.1, -0.05) is 28.8 Å². The lowest BCUT2D eigenvalue weighted by Crippen LogP contribution is -2.28. The Morgan fingerprint density at radius 3 is 2.60 bits per heavy atom. The second-order valence-corrected chi connectivity index (χ2v) is 4.20. The zero-order chi connectivity index (χ0) is 11.1. The minimum atomic E-state index is -0.337. The minimum Gasteiger partial charge on any atom is -0.301 e. The van der Waals surface area contributed by atoms with Crippen LogP contribution in [0, 0.1) is 0 Å². The van der Waals surface area contributed by atoms with E-state index >= 15 is 0 Å². The van der Waals surface area contributed by atoms with E-state index in [1.165, 1.54) is 23.5 Å². The van der Waals surface area contributed by atoms with Crippen molar-refractivity contribution in [2.24, 2.45) is 0 Å². The van der Waals surface area contributed by atoms with Crippen molar-refractivity contribution in [1.82, 2.24) is 9.55 Å². The lowest BCUT2D eigenvalue weighted by molar-refractivity contribution is 0.561. The Bertz CT molecular complexity index is 397. The summed E-state index contributed by atoms with van der Waals surface area (Å²) < 4.78 is 1.54. The molecule has 15 heavy (non-hydrogen) atoms. The highest BCUT2D eigenvalue weighted by Crippen LogP contribution is 2.02. The summed E-state index contributed by atoms with van der Waals surface area (Å²) in [6.45, 7) is 0.678. The first-order chi connectivity index (χ1) is 7.24. The van der Waals surface area contributed by atoms with E-state index in [0.717, 1.165) is 18.2 Å². The fourth-order valence-corrected chi connectivity index (χ4v) is 1.75. The summed E-state index contributed by atoms with van der Waals surface area (Å²) in [4.78, 5) is 24.3. The van der Waals surface area contributed by atoms with Crippen LogP contribution in [-0.4, -0.2) is 14.9 Å². The number of halogens is 1. The summed E-state index contributed by atoms with van der Waals surface area (Å²) in [5.74, 6) is 0. The second-order valence-electron chi connectivity index (χ2n) is 3.41. The van der Waals surface area contributed by atoms with Crippen molar-refractivity contribution in [1.29, 1.82) is 0 Å². The predicted octanol–water partition coefficient (Wildman–Crippen LogP) is 1.49. The van der Waals surface area contributed by atoms with Gasteiger partial charge in [-0.3, -0.25) is 9.78 Å². The second kappa shape index (κ2) is 6.61. The molecule has 0 fully saturated rings. The molecule has 0 radical (unpaired) electrons. The van der Waals surface area contributed by atoms with Gasteiger partial charge in [0.15, 0.2) is 0 Å². The molecule has 4 nitrogen and oxygen atoms in total. The maximum absolute atomic E-state index is 11.3. The van der Waals surface area contributed by atoms with Crippen molar-refractivity contribution < 1.29 is 0 Å². The largest absolute Gasteiger partial charge is 0.328 e. The van der Waals surface area contributed by atoms with Crippen LogP contribution in [0.1, 0.15) is 25.7 Å². The maximum Gasteiger partial charge on any atom is 0.328 e. The smallest absolute Gasteiger partial charge is 0.301 e. The number of alkyl halides is 1. The SMILES string of the molecule is O=c1ccn(CCCCCCBr)c(=O)[nH]1. The third kappa shape index (κ3) is 4.46. The number of nitrogens with zero attached hydrogens (tertiary/aromatic N) is 1. The Labute approximate surface area is 96.5 Å². The fraction of sp³-hybridized carbons (Fsp3) is 0.600. The molecule has 1 heterocycles. The number of H-pyrrole nitrogens is 1. The lowest BCUT2D eigenvalue weighted by Gasteiger charge is -2.03. The molecule has 1 aromatic heterocycles. The number of hydrogen-bond acceptors (Lipinski definition) is 2. The van der Waals surface area contributed by atoms with Crippen LogP contribution in [-0.2, 0) is 6.54 Å². The molecule has 84 valence electrons. The van der Waals surface area contributed by atoms with E-state index in [1.807, 2.05) is 0 Å². The summed E-state index contributed by atoms with van der Waals surface area (Å²) in [6, 6.07) is 1.37. The highest BCUT2D eigenvalue weighted by Gasteiger charge is 1.95. The van der Waals surface area contributed by atoms with Crippen molar-refractivity contribution >= 4 is 15.9 Å². The fourth-order valence-electron chi connectivity index (χ4n) is 1.35. The molecule has 0 saturated carbocycles. The van der Waals surface area contributed by atoms with Gasteiger partial charge in [-0.2, -0.15) is 0 Å². The van der Waals surface area contributed by atoms with Gasteiger partial charge in [0.1, 0.15) is 0 Å². The summed E-state index contributed by atoms with van der Waals surface area (Å²) in [7, 11) is 0. The number of aryl methyl sites for hydroxylation is 1. The summed E-state index contributed by atoms with van der Waals surface area (Å²) >= 11 is 3.37. The maximum atomic E-state index is 11.3. The molecule has 1 rings (SSSR count). The quantitative estimate of drug-likeness (QED) is 0.631. The first-order valence-electron chi connectivity index (χ1n) is 5.10. The van der Waals surface area contributed by atoms with Gasteiger partial charge < -0.3 is 4.57 Å². The molecule has 0 unspecified atom stereocenters.